The first-order chi connectivity index (χ1) is 8.77. The number of ketones is 1. The molecular formula is C12H16N4O3. The Kier molecular flexibility index (Phi) is 2.92. The van der Waals surface area contributed by atoms with Crippen molar-refractivity contribution < 1.29 is 4.79 Å². The van der Waals surface area contributed by atoms with E-state index in [1.807, 2.05) is 20.8 Å². The monoisotopic (exact) mass is 264 g/mol. The molecule has 102 valence electrons. The van der Waals surface area contributed by atoms with Crippen LogP contribution in [0.2, 0.25) is 0 Å². The lowest BCUT2D eigenvalue weighted by Gasteiger charge is -2.19. The zero-order chi connectivity index (χ0) is 14.4. The lowest BCUT2D eigenvalue weighted by atomic mass is 9.85. The van der Waals surface area contributed by atoms with Gasteiger partial charge in [0.2, 0.25) is 5.78 Å². The van der Waals surface area contributed by atoms with E-state index in [0.29, 0.717) is 6.42 Å². The zero-order valence-corrected chi connectivity index (χ0v) is 11.3. The fourth-order valence-electron chi connectivity index (χ4n) is 1.81. The van der Waals surface area contributed by atoms with Gasteiger partial charge in [0.25, 0.3) is 5.56 Å². The average Bonchev–Trinajstić information content (AvgIpc) is 2.65. The molecule has 0 fully saturated rings. The molecule has 0 atom stereocenters. The SMILES string of the molecule is CCC(C)(C)C(=O)c1nc2[nH]c(=O)[nH]c(=O)c2n1C. The molecule has 0 saturated heterocycles. The van der Waals surface area contributed by atoms with Crippen LogP contribution < -0.4 is 11.2 Å². The number of nitrogens with zero attached hydrogens (tertiary/aromatic N) is 2. The molecule has 7 nitrogen and oxygen atoms in total. The zero-order valence-electron chi connectivity index (χ0n) is 11.3. The van der Waals surface area contributed by atoms with E-state index in [1.165, 1.54) is 4.57 Å². The first kappa shape index (κ1) is 13.3. The lowest BCUT2D eigenvalue weighted by Crippen LogP contribution is -2.26. The Hall–Kier alpha value is -2.18. The molecule has 0 bridgehead atoms. The molecule has 0 aliphatic carbocycles. The van der Waals surface area contributed by atoms with Gasteiger partial charge in [-0.15, -0.1) is 0 Å². The number of carbonyl (C=O) groups excluding carboxylic acids is 1. The Labute approximate surface area is 108 Å². The average molecular weight is 264 g/mol. The maximum atomic E-state index is 12.4. The molecule has 0 aliphatic rings. The van der Waals surface area contributed by atoms with E-state index in [-0.39, 0.29) is 22.8 Å². The second-order valence-corrected chi connectivity index (χ2v) is 5.17. The van der Waals surface area contributed by atoms with Crippen LogP contribution in [0.5, 0.6) is 0 Å². The second-order valence-electron chi connectivity index (χ2n) is 5.17. The van der Waals surface area contributed by atoms with Gasteiger partial charge in [-0.2, -0.15) is 0 Å². The van der Waals surface area contributed by atoms with Gasteiger partial charge in [-0.25, -0.2) is 9.78 Å². The highest BCUT2D eigenvalue weighted by atomic mass is 16.2. The lowest BCUT2D eigenvalue weighted by molar-refractivity contribution is 0.0818. The van der Waals surface area contributed by atoms with E-state index in [9.17, 15) is 14.4 Å². The number of aromatic nitrogens is 4. The van der Waals surface area contributed by atoms with Crippen LogP contribution in [0, 0.1) is 5.41 Å². The minimum atomic E-state index is -0.635. The van der Waals surface area contributed by atoms with Gasteiger partial charge in [-0.3, -0.25) is 19.6 Å². The topological polar surface area (TPSA) is 101 Å². The number of H-pyrrole nitrogens is 2. The maximum Gasteiger partial charge on any atom is 0.327 e. The summed E-state index contributed by atoms with van der Waals surface area (Å²) in [5.41, 5.74) is -1.44. The smallest absolute Gasteiger partial charge is 0.319 e. The van der Waals surface area contributed by atoms with Crippen LogP contribution in [0.1, 0.15) is 37.8 Å². The number of rotatable bonds is 3. The number of aromatic amines is 2. The van der Waals surface area contributed by atoms with Crippen LogP contribution in [-0.4, -0.2) is 25.3 Å². The molecule has 0 amide bonds. The molecule has 0 aromatic carbocycles. The van der Waals surface area contributed by atoms with E-state index in [4.69, 9.17) is 0 Å². The quantitative estimate of drug-likeness (QED) is 0.791. The standard InChI is InChI=1S/C12H16N4O3/c1-5-12(2,3)7(17)9-13-8-6(16(9)4)10(18)15-11(19)14-8/h5H2,1-4H3,(H2,14,15,18,19). The molecule has 2 heterocycles. The van der Waals surface area contributed by atoms with Crippen LogP contribution in [-0.2, 0) is 7.05 Å². The number of nitrogens with one attached hydrogen (secondary N) is 2. The summed E-state index contributed by atoms with van der Waals surface area (Å²) in [5.74, 6) is 0.0168. The third-order valence-electron chi connectivity index (χ3n) is 3.47. The molecule has 0 spiro atoms. The fourth-order valence-corrected chi connectivity index (χ4v) is 1.81. The van der Waals surface area contributed by atoms with E-state index in [1.54, 1.807) is 7.05 Å². The number of imidazole rings is 1. The van der Waals surface area contributed by atoms with Gasteiger partial charge in [0.1, 0.15) is 0 Å². The number of aryl methyl sites for hydroxylation is 1. The normalized spacial score (nSPS) is 12.0. The van der Waals surface area contributed by atoms with Crippen molar-refractivity contribution in [3.8, 4) is 0 Å². The molecule has 0 aliphatic heterocycles. The van der Waals surface area contributed by atoms with E-state index >= 15 is 0 Å². The molecule has 0 unspecified atom stereocenters. The van der Waals surface area contributed by atoms with Crippen LogP contribution in [0.3, 0.4) is 0 Å². The second kappa shape index (κ2) is 4.18. The number of Topliss-reactive ketones (excluding diaryl/α,β-unsaturated/α-hetero) is 1. The van der Waals surface area contributed by atoms with Crippen LogP contribution >= 0.6 is 0 Å². The summed E-state index contributed by atoms with van der Waals surface area (Å²) in [6, 6.07) is 0. The van der Waals surface area contributed by atoms with Crippen molar-refractivity contribution in [2.45, 2.75) is 27.2 Å². The summed E-state index contributed by atoms with van der Waals surface area (Å²) in [5, 5.41) is 0. The summed E-state index contributed by atoms with van der Waals surface area (Å²) < 4.78 is 1.42. The van der Waals surface area contributed by atoms with Crippen molar-refractivity contribution in [3.05, 3.63) is 26.7 Å². The molecule has 0 saturated carbocycles. The van der Waals surface area contributed by atoms with Gasteiger partial charge in [-0.05, 0) is 6.42 Å². The van der Waals surface area contributed by atoms with Crippen molar-refractivity contribution in [1.29, 1.82) is 0 Å². The summed E-state index contributed by atoms with van der Waals surface area (Å²) >= 11 is 0. The largest absolute Gasteiger partial charge is 0.327 e. The van der Waals surface area contributed by atoms with E-state index < -0.39 is 16.7 Å². The summed E-state index contributed by atoms with van der Waals surface area (Å²) in [4.78, 5) is 44.0. The predicted molar refractivity (Wildman–Crippen MR) is 70.4 cm³/mol. The first-order valence-corrected chi connectivity index (χ1v) is 6.01. The molecule has 2 aromatic rings. The van der Waals surface area contributed by atoms with Crippen molar-refractivity contribution in [3.63, 3.8) is 0 Å². The van der Waals surface area contributed by atoms with Crippen molar-refractivity contribution in [2.75, 3.05) is 0 Å². The minimum Gasteiger partial charge on any atom is -0.319 e. The molecular weight excluding hydrogens is 248 g/mol. The molecule has 2 rings (SSSR count). The molecule has 7 heteroatoms. The Morgan fingerprint density at radius 2 is 1.95 bits per heavy atom. The van der Waals surface area contributed by atoms with Gasteiger partial charge in [0.15, 0.2) is 17.0 Å². The highest BCUT2D eigenvalue weighted by Crippen LogP contribution is 2.25. The third kappa shape index (κ3) is 2.00. The number of carbonyl (C=O) groups is 1. The molecule has 2 aromatic heterocycles. The van der Waals surface area contributed by atoms with Crippen LogP contribution in [0.15, 0.2) is 9.59 Å². The molecule has 19 heavy (non-hydrogen) atoms. The maximum absolute atomic E-state index is 12.4. The highest BCUT2D eigenvalue weighted by molar-refractivity contribution is 5.99. The van der Waals surface area contributed by atoms with Crippen molar-refractivity contribution in [1.82, 2.24) is 19.5 Å². The van der Waals surface area contributed by atoms with E-state index in [0.717, 1.165) is 0 Å². The van der Waals surface area contributed by atoms with Crippen LogP contribution in [0.25, 0.3) is 11.2 Å². The first-order valence-electron chi connectivity index (χ1n) is 6.01. The number of hydrogen-bond acceptors (Lipinski definition) is 4. The Bertz CT molecular complexity index is 763. The summed E-state index contributed by atoms with van der Waals surface area (Å²) in [6.45, 7) is 5.55. The van der Waals surface area contributed by atoms with E-state index in [2.05, 4.69) is 15.0 Å². The molecule has 0 radical (unpaired) electrons. The van der Waals surface area contributed by atoms with Crippen LogP contribution in [0.4, 0.5) is 0 Å². The highest BCUT2D eigenvalue weighted by Gasteiger charge is 2.31. The Morgan fingerprint density at radius 3 is 2.53 bits per heavy atom. The number of hydrogen-bond donors (Lipinski definition) is 2. The van der Waals surface area contributed by atoms with Gasteiger partial charge in [-0.1, -0.05) is 20.8 Å². The minimum absolute atomic E-state index is 0.131. The van der Waals surface area contributed by atoms with Gasteiger partial charge >= 0.3 is 5.69 Å². The predicted octanol–water partition coefficient (Wildman–Crippen LogP) is 0.569. The Balaban J connectivity index is 2.74. The fraction of sp³-hybridized carbons (Fsp3) is 0.500. The molecule has 2 N–H and O–H groups in total. The summed E-state index contributed by atoms with van der Waals surface area (Å²) in [6.07, 6.45) is 0.655. The van der Waals surface area contributed by atoms with Gasteiger partial charge in [0, 0.05) is 12.5 Å². The van der Waals surface area contributed by atoms with Crippen molar-refractivity contribution in [2.24, 2.45) is 12.5 Å². The Morgan fingerprint density at radius 1 is 1.32 bits per heavy atom. The van der Waals surface area contributed by atoms with Gasteiger partial charge in [0.05, 0.1) is 0 Å². The number of fused-ring (bicyclic) bond motifs is 1. The summed E-state index contributed by atoms with van der Waals surface area (Å²) in [7, 11) is 1.59. The third-order valence-corrected chi connectivity index (χ3v) is 3.47. The van der Waals surface area contributed by atoms with Gasteiger partial charge < -0.3 is 4.57 Å². The van der Waals surface area contributed by atoms with Crippen molar-refractivity contribution >= 4 is 16.9 Å².